The van der Waals surface area contributed by atoms with Crippen molar-refractivity contribution in [2.24, 2.45) is 5.41 Å². The second-order valence-corrected chi connectivity index (χ2v) is 8.16. The molecule has 3 heteroatoms. The van der Waals surface area contributed by atoms with Gasteiger partial charge in [-0.05, 0) is 39.5 Å². The lowest BCUT2D eigenvalue weighted by molar-refractivity contribution is 0.336. The average Bonchev–Trinajstić information content (AvgIpc) is 1.79. The van der Waals surface area contributed by atoms with Crippen LogP contribution in [0, 0.1) is 5.41 Å². The van der Waals surface area contributed by atoms with E-state index in [1.54, 1.807) is 0 Å². The van der Waals surface area contributed by atoms with E-state index in [0.717, 1.165) is 6.42 Å². The predicted octanol–water partition coefficient (Wildman–Crippen LogP) is 2.86. The van der Waals surface area contributed by atoms with Crippen LogP contribution in [0.4, 0.5) is 0 Å². The molecule has 0 amide bonds. The van der Waals surface area contributed by atoms with Crippen LogP contribution in [-0.2, 0) is 11.4 Å². The summed E-state index contributed by atoms with van der Waals surface area (Å²) in [5.74, 6) is 0. The molecule has 0 saturated heterocycles. The Labute approximate surface area is 92.2 Å². The lowest BCUT2D eigenvalue weighted by Crippen LogP contribution is -2.44. The van der Waals surface area contributed by atoms with Gasteiger partial charge in [0.2, 0.25) is 0 Å². The van der Waals surface area contributed by atoms with Crippen molar-refractivity contribution in [3.63, 3.8) is 0 Å². The molecule has 0 spiro atoms. The predicted molar refractivity (Wildman–Crippen MR) is 64.6 cm³/mol. The largest absolute Gasteiger partial charge is 0.598 e. The smallest absolute Gasteiger partial charge is 0.136 e. The molecule has 1 N–H and O–H groups in total. The van der Waals surface area contributed by atoms with Gasteiger partial charge in [0.25, 0.3) is 0 Å². The second kappa shape index (κ2) is 4.86. The van der Waals surface area contributed by atoms with E-state index in [1.165, 1.54) is 0 Å². The van der Waals surface area contributed by atoms with E-state index in [1.807, 2.05) is 20.8 Å². The summed E-state index contributed by atoms with van der Waals surface area (Å²) < 4.78 is 14.7. The van der Waals surface area contributed by atoms with E-state index >= 15 is 0 Å². The fourth-order valence-electron chi connectivity index (χ4n) is 1.32. The Hall–Kier alpha value is 0.270. The van der Waals surface area contributed by atoms with Crippen molar-refractivity contribution < 1.29 is 4.55 Å². The Kier molecular flexibility index (Phi) is 4.96. The average molecular weight is 219 g/mol. The Balaban J connectivity index is 4.01. The van der Waals surface area contributed by atoms with Gasteiger partial charge in [-0.3, -0.25) is 0 Å². The molecule has 0 aliphatic heterocycles. The number of hydrogen-bond donors (Lipinski definition) is 1. The number of nitrogens with one attached hydrogen (secondary N) is 1. The Morgan fingerprint density at radius 3 is 1.86 bits per heavy atom. The fourth-order valence-corrected chi connectivity index (χ4v) is 2.12. The first-order chi connectivity index (χ1) is 6.02. The highest BCUT2D eigenvalue weighted by molar-refractivity contribution is 7.90. The minimum atomic E-state index is -0.952. The van der Waals surface area contributed by atoms with Gasteiger partial charge in [-0.25, -0.2) is 0 Å². The molecule has 0 aliphatic carbocycles. The van der Waals surface area contributed by atoms with Crippen LogP contribution >= 0.6 is 0 Å². The first-order valence-corrected chi connectivity index (χ1v) is 6.35. The van der Waals surface area contributed by atoms with E-state index < -0.39 is 11.4 Å². The van der Waals surface area contributed by atoms with Crippen LogP contribution in [-0.4, -0.2) is 15.3 Å². The summed E-state index contributed by atoms with van der Waals surface area (Å²) in [6.07, 6.45) is 1.04. The molecular weight excluding hydrogens is 194 g/mol. The summed E-state index contributed by atoms with van der Waals surface area (Å²) in [5.41, 5.74) is 0.286. The highest BCUT2D eigenvalue weighted by atomic mass is 32.2. The molecule has 2 atom stereocenters. The van der Waals surface area contributed by atoms with Crippen LogP contribution in [0.1, 0.15) is 54.9 Å². The van der Waals surface area contributed by atoms with Crippen LogP contribution in [0.5, 0.6) is 0 Å². The molecule has 0 radical (unpaired) electrons. The maximum atomic E-state index is 11.8. The standard InChI is InChI=1S/C11H25NOS/c1-9(8-10(2,3)4)12-14(13)11(5,6)7/h9,12H,8H2,1-7H3/t9-,14?/m1/s1. The maximum Gasteiger partial charge on any atom is 0.136 e. The van der Waals surface area contributed by atoms with Crippen molar-refractivity contribution >= 4 is 11.4 Å². The molecule has 14 heavy (non-hydrogen) atoms. The Bertz CT molecular complexity index is 169. The quantitative estimate of drug-likeness (QED) is 0.741. The minimum Gasteiger partial charge on any atom is -0.598 e. The summed E-state index contributed by atoms with van der Waals surface area (Å²) in [7, 11) is 0. The van der Waals surface area contributed by atoms with Gasteiger partial charge in [-0.15, -0.1) is 4.72 Å². The van der Waals surface area contributed by atoms with Gasteiger partial charge < -0.3 is 4.55 Å². The molecule has 0 aromatic carbocycles. The minimum absolute atomic E-state index is 0.174. The summed E-state index contributed by atoms with van der Waals surface area (Å²) >= 11 is -0.952. The lowest BCUT2D eigenvalue weighted by atomic mass is 9.89. The van der Waals surface area contributed by atoms with Gasteiger partial charge in [0.15, 0.2) is 0 Å². The molecule has 0 saturated carbocycles. The highest BCUT2D eigenvalue weighted by Gasteiger charge is 2.29. The summed E-state index contributed by atoms with van der Waals surface area (Å²) in [5, 5.41) is 0. The highest BCUT2D eigenvalue weighted by Crippen LogP contribution is 2.22. The molecule has 0 aromatic heterocycles. The lowest BCUT2D eigenvalue weighted by Gasteiger charge is -2.29. The van der Waals surface area contributed by atoms with E-state index in [4.69, 9.17) is 0 Å². The van der Waals surface area contributed by atoms with E-state index in [9.17, 15) is 4.55 Å². The van der Waals surface area contributed by atoms with Crippen LogP contribution in [0.15, 0.2) is 0 Å². The van der Waals surface area contributed by atoms with Gasteiger partial charge in [-0.2, -0.15) is 0 Å². The van der Waals surface area contributed by atoms with Gasteiger partial charge in [-0.1, -0.05) is 20.8 Å². The molecule has 0 rings (SSSR count). The zero-order chi connectivity index (χ0) is 11.6. The van der Waals surface area contributed by atoms with Crippen molar-refractivity contribution in [1.82, 2.24) is 4.72 Å². The van der Waals surface area contributed by atoms with Gasteiger partial charge in [0, 0.05) is 11.4 Å². The van der Waals surface area contributed by atoms with Crippen molar-refractivity contribution in [2.45, 2.75) is 65.7 Å². The molecule has 0 heterocycles. The zero-order valence-corrected chi connectivity index (χ0v) is 11.4. The van der Waals surface area contributed by atoms with Crippen molar-refractivity contribution in [3.8, 4) is 0 Å². The molecule has 0 aromatic rings. The second-order valence-electron chi connectivity index (χ2n) is 6.16. The van der Waals surface area contributed by atoms with Crippen molar-refractivity contribution in [1.29, 1.82) is 0 Å². The topological polar surface area (TPSA) is 35.1 Å². The summed E-state index contributed by atoms with van der Waals surface area (Å²) in [6, 6.07) is 0.301. The van der Waals surface area contributed by atoms with Gasteiger partial charge in [0.1, 0.15) is 4.75 Å². The SMILES string of the molecule is C[C@H](CC(C)(C)C)N[S+]([O-])C(C)(C)C. The molecule has 2 nitrogen and oxygen atoms in total. The third-order valence-electron chi connectivity index (χ3n) is 1.78. The van der Waals surface area contributed by atoms with E-state index in [-0.39, 0.29) is 10.2 Å². The van der Waals surface area contributed by atoms with Crippen LogP contribution in [0.3, 0.4) is 0 Å². The monoisotopic (exact) mass is 219 g/mol. The molecule has 0 fully saturated rings. The van der Waals surface area contributed by atoms with Gasteiger partial charge in [0.05, 0.1) is 6.04 Å². The molecule has 1 unspecified atom stereocenters. The maximum absolute atomic E-state index is 11.8. The molecule has 0 aliphatic rings. The van der Waals surface area contributed by atoms with Gasteiger partial charge >= 0.3 is 0 Å². The Morgan fingerprint density at radius 1 is 1.14 bits per heavy atom. The van der Waals surface area contributed by atoms with E-state index in [0.29, 0.717) is 6.04 Å². The van der Waals surface area contributed by atoms with Crippen molar-refractivity contribution in [3.05, 3.63) is 0 Å². The Morgan fingerprint density at radius 2 is 1.57 bits per heavy atom. The third kappa shape index (κ3) is 6.68. The molecular formula is C11H25NOS. The first kappa shape index (κ1) is 14.3. The third-order valence-corrected chi connectivity index (χ3v) is 3.51. The van der Waals surface area contributed by atoms with Crippen LogP contribution in [0.2, 0.25) is 0 Å². The first-order valence-electron chi connectivity index (χ1n) is 5.20. The summed E-state index contributed by atoms with van der Waals surface area (Å²) in [6.45, 7) is 14.6. The number of hydrogen-bond acceptors (Lipinski definition) is 2. The van der Waals surface area contributed by atoms with Crippen molar-refractivity contribution in [2.75, 3.05) is 0 Å². The number of rotatable bonds is 3. The molecule has 86 valence electrons. The van der Waals surface area contributed by atoms with Crippen LogP contribution in [0.25, 0.3) is 0 Å². The van der Waals surface area contributed by atoms with Crippen LogP contribution < -0.4 is 4.72 Å². The normalized spacial score (nSPS) is 18.0. The zero-order valence-electron chi connectivity index (χ0n) is 10.6. The molecule has 0 bridgehead atoms. The summed E-state index contributed by atoms with van der Waals surface area (Å²) in [4.78, 5) is 0. The fraction of sp³-hybridized carbons (Fsp3) is 1.00. The van der Waals surface area contributed by atoms with E-state index in [2.05, 4.69) is 32.4 Å².